The van der Waals surface area contributed by atoms with E-state index in [4.69, 9.17) is 4.42 Å². The number of furan rings is 1. The van der Waals surface area contributed by atoms with Crippen LogP contribution in [0.1, 0.15) is 31.9 Å². The van der Waals surface area contributed by atoms with Crippen molar-refractivity contribution in [1.82, 2.24) is 0 Å². The van der Waals surface area contributed by atoms with Gasteiger partial charge in [0, 0.05) is 0 Å². The van der Waals surface area contributed by atoms with E-state index < -0.39 is 5.60 Å². The van der Waals surface area contributed by atoms with Crippen LogP contribution in [0.25, 0.3) is 0 Å². The lowest BCUT2D eigenvalue weighted by atomic mass is 9.92. The summed E-state index contributed by atoms with van der Waals surface area (Å²) in [6.45, 7) is 1.99. The quantitative estimate of drug-likeness (QED) is 0.887. The van der Waals surface area contributed by atoms with E-state index in [1.54, 1.807) is 6.26 Å². The normalized spacial score (nSPS) is 21.5. The number of hydrogen-bond acceptors (Lipinski definition) is 2. The molecule has 3 heteroatoms. The summed E-state index contributed by atoms with van der Waals surface area (Å²) in [5.41, 5.74) is -0.748. The maximum Gasteiger partial charge on any atom is 0.149 e. The zero-order valence-electron chi connectivity index (χ0n) is 7.59. The summed E-state index contributed by atoms with van der Waals surface area (Å²) in [4.78, 5) is 0. The largest absolute Gasteiger partial charge is 0.465 e. The molecule has 0 saturated heterocycles. The van der Waals surface area contributed by atoms with Gasteiger partial charge in [0.2, 0.25) is 0 Å². The Morgan fingerprint density at radius 2 is 2.38 bits per heavy atom. The summed E-state index contributed by atoms with van der Waals surface area (Å²) >= 11 is 3.39. The molecule has 1 aliphatic rings. The van der Waals surface area contributed by atoms with E-state index in [-0.39, 0.29) is 0 Å². The van der Waals surface area contributed by atoms with E-state index in [0.29, 0.717) is 18.1 Å². The molecule has 1 unspecified atom stereocenters. The van der Waals surface area contributed by atoms with Crippen molar-refractivity contribution < 1.29 is 9.52 Å². The van der Waals surface area contributed by atoms with Crippen molar-refractivity contribution in [3.63, 3.8) is 0 Å². The van der Waals surface area contributed by atoms with Crippen molar-refractivity contribution >= 4 is 15.9 Å². The molecular formula is C10H13BrO2. The molecule has 0 bridgehead atoms. The maximum atomic E-state index is 10.4. The molecule has 1 fully saturated rings. The van der Waals surface area contributed by atoms with Gasteiger partial charge in [-0.2, -0.15) is 0 Å². The van der Waals surface area contributed by atoms with Gasteiger partial charge in [-0.15, -0.1) is 0 Å². The third-order valence-electron chi connectivity index (χ3n) is 2.80. The van der Waals surface area contributed by atoms with Crippen molar-refractivity contribution in [3.05, 3.63) is 22.6 Å². The predicted molar refractivity (Wildman–Crippen MR) is 53.3 cm³/mol. The van der Waals surface area contributed by atoms with Crippen molar-refractivity contribution in [2.24, 2.45) is 5.92 Å². The van der Waals surface area contributed by atoms with Crippen LogP contribution in [0, 0.1) is 5.92 Å². The fraction of sp³-hybridized carbons (Fsp3) is 0.600. The Hall–Kier alpha value is -0.280. The Balaban J connectivity index is 2.35. The van der Waals surface area contributed by atoms with E-state index in [9.17, 15) is 5.11 Å². The van der Waals surface area contributed by atoms with Crippen molar-refractivity contribution in [1.29, 1.82) is 0 Å². The molecule has 1 aromatic rings. The Bertz CT molecular complexity index is 304. The highest BCUT2D eigenvalue weighted by Crippen LogP contribution is 2.49. The average molecular weight is 245 g/mol. The van der Waals surface area contributed by atoms with Gasteiger partial charge >= 0.3 is 0 Å². The first-order valence-corrected chi connectivity index (χ1v) is 5.43. The second-order valence-electron chi connectivity index (χ2n) is 3.65. The fourth-order valence-corrected chi connectivity index (χ4v) is 2.34. The topological polar surface area (TPSA) is 33.4 Å². The molecule has 0 amide bonds. The standard InChI is InChI=1S/C10H13BrO2/c1-2-10(12,7-3-4-7)9-8(11)5-6-13-9/h5-7,12H,2-4H2,1H3. The monoisotopic (exact) mass is 244 g/mol. The fourth-order valence-electron chi connectivity index (χ4n) is 1.80. The molecule has 0 radical (unpaired) electrons. The maximum absolute atomic E-state index is 10.4. The molecule has 2 nitrogen and oxygen atoms in total. The molecule has 1 N–H and O–H groups in total. The minimum atomic E-state index is -0.748. The summed E-state index contributed by atoms with van der Waals surface area (Å²) in [5, 5.41) is 10.4. The Morgan fingerprint density at radius 1 is 1.69 bits per heavy atom. The second-order valence-corrected chi connectivity index (χ2v) is 4.50. The van der Waals surface area contributed by atoms with E-state index in [2.05, 4.69) is 15.9 Å². The zero-order chi connectivity index (χ0) is 9.47. The summed E-state index contributed by atoms with van der Waals surface area (Å²) in [6.07, 6.45) is 4.54. The highest BCUT2D eigenvalue weighted by Gasteiger charge is 2.46. The van der Waals surface area contributed by atoms with Crippen LogP contribution < -0.4 is 0 Å². The molecular weight excluding hydrogens is 232 g/mol. The van der Waals surface area contributed by atoms with Crippen LogP contribution in [-0.2, 0) is 5.60 Å². The van der Waals surface area contributed by atoms with Crippen LogP contribution in [0.15, 0.2) is 21.2 Å². The number of rotatable bonds is 3. The second kappa shape index (κ2) is 3.14. The predicted octanol–water partition coefficient (Wildman–Crippen LogP) is 3.05. The van der Waals surface area contributed by atoms with Crippen LogP contribution >= 0.6 is 15.9 Å². The minimum absolute atomic E-state index is 0.389. The Morgan fingerprint density at radius 3 is 2.77 bits per heavy atom. The number of aliphatic hydroxyl groups is 1. The molecule has 1 atom stereocenters. The van der Waals surface area contributed by atoms with Gasteiger partial charge in [-0.3, -0.25) is 0 Å². The number of hydrogen-bond donors (Lipinski definition) is 1. The van der Waals surface area contributed by atoms with Gasteiger partial charge in [-0.25, -0.2) is 0 Å². The summed E-state index contributed by atoms with van der Waals surface area (Å²) in [6, 6.07) is 1.83. The van der Waals surface area contributed by atoms with Gasteiger partial charge in [0.1, 0.15) is 11.4 Å². The lowest BCUT2D eigenvalue weighted by Gasteiger charge is -2.24. The molecule has 0 aliphatic heterocycles. The van der Waals surface area contributed by atoms with Crippen molar-refractivity contribution in [3.8, 4) is 0 Å². The molecule has 2 rings (SSSR count). The third-order valence-corrected chi connectivity index (χ3v) is 3.43. The third kappa shape index (κ3) is 1.44. The van der Waals surface area contributed by atoms with Crippen LogP contribution in [0.3, 0.4) is 0 Å². The molecule has 0 spiro atoms. The van der Waals surface area contributed by atoms with Gasteiger partial charge in [-0.05, 0) is 47.2 Å². The summed E-state index contributed by atoms with van der Waals surface area (Å²) in [7, 11) is 0. The van der Waals surface area contributed by atoms with E-state index >= 15 is 0 Å². The molecule has 1 aromatic heterocycles. The van der Waals surface area contributed by atoms with Crippen molar-refractivity contribution in [2.45, 2.75) is 31.8 Å². The smallest absolute Gasteiger partial charge is 0.149 e. The molecule has 0 aromatic carbocycles. The van der Waals surface area contributed by atoms with Gasteiger partial charge in [0.15, 0.2) is 0 Å². The van der Waals surface area contributed by atoms with Gasteiger partial charge in [0.05, 0.1) is 10.7 Å². The molecule has 1 aliphatic carbocycles. The minimum Gasteiger partial charge on any atom is -0.465 e. The van der Waals surface area contributed by atoms with E-state index in [1.165, 1.54) is 0 Å². The van der Waals surface area contributed by atoms with Gasteiger partial charge in [0.25, 0.3) is 0 Å². The van der Waals surface area contributed by atoms with Crippen LogP contribution in [-0.4, -0.2) is 5.11 Å². The van der Waals surface area contributed by atoms with E-state index in [0.717, 1.165) is 17.3 Å². The first-order chi connectivity index (χ1) is 6.18. The van der Waals surface area contributed by atoms with Crippen LogP contribution in [0.2, 0.25) is 0 Å². The Kier molecular flexibility index (Phi) is 2.24. The van der Waals surface area contributed by atoms with Crippen LogP contribution in [0.5, 0.6) is 0 Å². The number of halogens is 1. The molecule has 1 heterocycles. The molecule has 13 heavy (non-hydrogen) atoms. The summed E-state index contributed by atoms with van der Waals surface area (Å²) in [5.74, 6) is 1.08. The van der Waals surface area contributed by atoms with Gasteiger partial charge in [-0.1, -0.05) is 6.92 Å². The molecule has 1 saturated carbocycles. The lowest BCUT2D eigenvalue weighted by Crippen LogP contribution is -2.27. The summed E-state index contributed by atoms with van der Waals surface area (Å²) < 4.78 is 6.20. The highest BCUT2D eigenvalue weighted by molar-refractivity contribution is 9.10. The highest BCUT2D eigenvalue weighted by atomic mass is 79.9. The zero-order valence-corrected chi connectivity index (χ0v) is 9.17. The average Bonchev–Trinajstić information content (AvgIpc) is 2.89. The van der Waals surface area contributed by atoms with Crippen LogP contribution in [0.4, 0.5) is 0 Å². The molecule has 72 valence electrons. The SMILES string of the molecule is CCC(O)(c1occc1Br)C1CC1. The first kappa shape index (κ1) is 9.28. The van der Waals surface area contributed by atoms with E-state index in [1.807, 2.05) is 13.0 Å². The first-order valence-electron chi connectivity index (χ1n) is 4.64. The van der Waals surface area contributed by atoms with Crippen molar-refractivity contribution in [2.75, 3.05) is 0 Å². The van der Waals surface area contributed by atoms with Gasteiger partial charge < -0.3 is 9.52 Å². The lowest BCUT2D eigenvalue weighted by molar-refractivity contribution is -0.0124. The Labute approximate surface area is 86.1 Å².